The highest BCUT2D eigenvalue weighted by Gasteiger charge is 2.30. The van der Waals surface area contributed by atoms with Gasteiger partial charge < -0.3 is 10.6 Å². The van der Waals surface area contributed by atoms with E-state index >= 15 is 0 Å². The molecule has 0 aromatic heterocycles. The van der Waals surface area contributed by atoms with Gasteiger partial charge in [0, 0.05) is 24.2 Å². The zero-order valence-electron chi connectivity index (χ0n) is 16.9. The second-order valence-electron chi connectivity index (χ2n) is 7.07. The topological polar surface area (TPSA) is 75.3 Å². The molecule has 5 nitrogen and oxygen atoms in total. The number of nitrogens with one attached hydrogen (secondary N) is 2. The third-order valence-corrected chi connectivity index (χ3v) is 4.77. The van der Waals surface area contributed by atoms with E-state index < -0.39 is 23.5 Å². The van der Waals surface area contributed by atoms with Crippen LogP contribution in [0.15, 0.2) is 84.9 Å². The molecule has 3 rings (SSSR count). The van der Waals surface area contributed by atoms with Crippen LogP contribution in [0.3, 0.4) is 0 Å². The van der Waals surface area contributed by atoms with Crippen LogP contribution in [0.1, 0.15) is 22.3 Å². The molecule has 2 amide bonds. The first kappa shape index (κ1) is 21.9. The van der Waals surface area contributed by atoms with Crippen molar-refractivity contribution in [3.8, 4) is 0 Å². The highest BCUT2D eigenvalue weighted by molar-refractivity contribution is 6.15. The van der Waals surface area contributed by atoms with Crippen molar-refractivity contribution >= 4 is 23.3 Å². The number of amides is 2. The average Bonchev–Trinajstić information content (AvgIpc) is 2.79. The highest BCUT2D eigenvalue weighted by Crippen LogP contribution is 2.16. The number of para-hydroxylation sites is 1. The summed E-state index contributed by atoms with van der Waals surface area (Å²) >= 11 is 0. The fourth-order valence-corrected chi connectivity index (χ4v) is 3.11. The molecule has 0 aliphatic rings. The fraction of sp³-hybridized carbons (Fsp3) is 0.160. The number of anilines is 1. The Morgan fingerprint density at radius 3 is 2.06 bits per heavy atom. The number of carbonyl (C=O) groups is 3. The van der Waals surface area contributed by atoms with Gasteiger partial charge in [0.05, 0.1) is 0 Å². The number of carbonyl (C=O) groups excluding carboxylic acids is 3. The van der Waals surface area contributed by atoms with Gasteiger partial charge in [-0.3, -0.25) is 14.4 Å². The van der Waals surface area contributed by atoms with Gasteiger partial charge in [-0.1, -0.05) is 60.7 Å². The summed E-state index contributed by atoms with van der Waals surface area (Å²) in [6, 6.07) is 23.2. The van der Waals surface area contributed by atoms with Crippen LogP contribution in [0.5, 0.6) is 0 Å². The van der Waals surface area contributed by atoms with Crippen molar-refractivity contribution in [2.75, 3.05) is 11.9 Å². The Balaban J connectivity index is 1.65. The molecule has 2 N–H and O–H groups in total. The lowest BCUT2D eigenvalue weighted by molar-refractivity contribution is -0.126. The molecule has 3 aromatic rings. The van der Waals surface area contributed by atoms with E-state index in [9.17, 15) is 18.8 Å². The van der Waals surface area contributed by atoms with Crippen LogP contribution in [-0.2, 0) is 16.0 Å². The minimum atomic E-state index is -1.16. The molecule has 3 aromatic carbocycles. The van der Waals surface area contributed by atoms with Gasteiger partial charge in [-0.2, -0.15) is 0 Å². The first-order valence-corrected chi connectivity index (χ1v) is 9.99. The quantitative estimate of drug-likeness (QED) is 0.407. The molecule has 0 fully saturated rings. The van der Waals surface area contributed by atoms with E-state index in [0.717, 1.165) is 5.56 Å². The highest BCUT2D eigenvalue weighted by atomic mass is 19.1. The molecule has 1 unspecified atom stereocenters. The second-order valence-corrected chi connectivity index (χ2v) is 7.07. The number of benzene rings is 3. The van der Waals surface area contributed by atoms with E-state index in [4.69, 9.17) is 0 Å². The molecule has 1 atom stereocenters. The van der Waals surface area contributed by atoms with Crippen LogP contribution in [0, 0.1) is 11.7 Å². The van der Waals surface area contributed by atoms with Gasteiger partial charge in [-0.15, -0.1) is 0 Å². The number of ketones is 1. The summed E-state index contributed by atoms with van der Waals surface area (Å²) < 4.78 is 13.0. The lowest BCUT2D eigenvalue weighted by Gasteiger charge is -2.16. The molecule has 0 saturated heterocycles. The van der Waals surface area contributed by atoms with Crippen molar-refractivity contribution in [1.29, 1.82) is 0 Å². The van der Waals surface area contributed by atoms with Crippen molar-refractivity contribution < 1.29 is 18.8 Å². The van der Waals surface area contributed by atoms with Gasteiger partial charge >= 0.3 is 0 Å². The molecule has 0 aliphatic heterocycles. The third-order valence-electron chi connectivity index (χ3n) is 4.77. The average molecular weight is 418 g/mol. The maximum atomic E-state index is 13.0. The monoisotopic (exact) mass is 418 g/mol. The summed E-state index contributed by atoms with van der Waals surface area (Å²) in [4.78, 5) is 38.3. The minimum absolute atomic E-state index is 0.268. The molecule has 0 radical (unpaired) electrons. The molecule has 0 bridgehead atoms. The van der Waals surface area contributed by atoms with Gasteiger partial charge in [0.1, 0.15) is 11.7 Å². The zero-order valence-corrected chi connectivity index (χ0v) is 16.9. The first-order chi connectivity index (χ1) is 15.0. The van der Waals surface area contributed by atoms with Crippen molar-refractivity contribution in [1.82, 2.24) is 5.32 Å². The van der Waals surface area contributed by atoms with E-state index in [-0.39, 0.29) is 12.2 Å². The molecular weight excluding hydrogens is 395 g/mol. The van der Waals surface area contributed by atoms with E-state index in [1.54, 1.807) is 66.7 Å². The van der Waals surface area contributed by atoms with E-state index in [2.05, 4.69) is 10.6 Å². The summed E-state index contributed by atoms with van der Waals surface area (Å²) in [6.07, 6.45) is 0.245. The number of hydrogen-bond acceptors (Lipinski definition) is 3. The molecule has 0 saturated carbocycles. The standard InChI is InChI=1S/C25H23FN2O3/c26-20-13-11-18(12-14-20)15-16-27-23(29)17-22(24(30)19-7-3-1-4-8-19)25(31)28-21-9-5-2-6-10-21/h1-14,22H,15-17H2,(H,27,29)(H,28,31). The molecular formula is C25H23FN2O3. The lowest BCUT2D eigenvalue weighted by atomic mass is 9.93. The number of Topliss-reactive ketones (excluding diaryl/α,β-unsaturated/α-hetero) is 1. The zero-order chi connectivity index (χ0) is 22.1. The van der Waals surface area contributed by atoms with Crippen molar-refractivity contribution in [3.05, 3.63) is 102 Å². The smallest absolute Gasteiger partial charge is 0.235 e. The van der Waals surface area contributed by atoms with Crippen molar-refractivity contribution in [3.63, 3.8) is 0 Å². The van der Waals surface area contributed by atoms with Crippen molar-refractivity contribution in [2.45, 2.75) is 12.8 Å². The Labute approximate surface area is 180 Å². The minimum Gasteiger partial charge on any atom is -0.356 e. The van der Waals surface area contributed by atoms with Crippen LogP contribution < -0.4 is 10.6 Å². The summed E-state index contributed by atoms with van der Waals surface area (Å²) in [5.74, 6) is -2.83. The van der Waals surface area contributed by atoms with Crippen LogP contribution in [0.2, 0.25) is 0 Å². The van der Waals surface area contributed by atoms with E-state index in [1.165, 1.54) is 12.1 Å². The lowest BCUT2D eigenvalue weighted by Crippen LogP contribution is -2.36. The van der Waals surface area contributed by atoms with Gasteiger partial charge in [0.2, 0.25) is 11.8 Å². The maximum Gasteiger partial charge on any atom is 0.235 e. The number of rotatable bonds is 9. The summed E-state index contributed by atoms with van der Waals surface area (Å²) in [7, 11) is 0. The molecule has 158 valence electrons. The van der Waals surface area contributed by atoms with Gasteiger partial charge in [-0.05, 0) is 36.2 Å². The van der Waals surface area contributed by atoms with Crippen LogP contribution in [-0.4, -0.2) is 24.1 Å². The van der Waals surface area contributed by atoms with Crippen LogP contribution >= 0.6 is 0 Å². The normalized spacial score (nSPS) is 11.4. The predicted octanol–water partition coefficient (Wildman–Crippen LogP) is 4.01. The van der Waals surface area contributed by atoms with Gasteiger partial charge in [-0.25, -0.2) is 4.39 Å². The van der Waals surface area contributed by atoms with Gasteiger partial charge in [0.15, 0.2) is 5.78 Å². The summed E-state index contributed by atoms with van der Waals surface area (Å²) in [5, 5.41) is 5.45. The molecule has 0 spiro atoms. The Bertz CT molecular complexity index is 1020. The largest absolute Gasteiger partial charge is 0.356 e. The van der Waals surface area contributed by atoms with Crippen LogP contribution in [0.25, 0.3) is 0 Å². The van der Waals surface area contributed by atoms with E-state index in [0.29, 0.717) is 24.2 Å². The SMILES string of the molecule is O=C(CC(C(=O)Nc1ccccc1)C(=O)c1ccccc1)NCCc1ccc(F)cc1. The molecule has 6 heteroatoms. The summed E-state index contributed by atoms with van der Waals surface area (Å²) in [6.45, 7) is 0.316. The summed E-state index contributed by atoms with van der Waals surface area (Å²) in [5.41, 5.74) is 1.80. The molecule has 0 heterocycles. The number of halogens is 1. The first-order valence-electron chi connectivity index (χ1n) is 9.99. The van der Waals surface area contributed by atoms with Gasteiger partial charge in [0.25, 0.3) is 0 Å². The third kappa shape index (κ3) is 6.60. The second kappa shape index (κ2) is 10.8. The Morgan fingerprint density at radius 1 is 0.806 bits per heavy atom. The fourth-order valence-electron chi connectivity index (χ4n) is 3.11. The number of hydrogen-bond donors (Lipinski definition) is 2. The Morgan fingerprint density at radius 2 is 1.42 bits per heavy atom. The van der Waals surface area contributed by atoms with Crippen molar-refractivity contribution in [2.24, 2.45) is 5.92 Å². The van der Waals surface area contributed by atoms with E-state index in [1.807, 2.05) is 6.07 Å². The van der Waals surface area contributed by atoms with Crippen LogP contribution in [0.4, 0.5) is 10.1 Å². The Kier molecular flexibility index (Phi) is 7.65. The maximum absolute atomic E-state index is 13.0. The predicted molar refractivity (Wildman–Crippen MR) is 117 cm³/mol. The molecule has 31 heavy (non-hydrogen) atoms. The Hall–Kier alpha value is -3.80. The molecule has 0 aliphatic carbocycles.